The van der Waals surface area contributed by atoms with Gasteiger partial charge in [-0.25, -0.2) is 4.39 Å². The van der Waals surface area contributed by atoms with Crippen LogP contribution in [0.4, 0.5) is 4.39 Å². The highest BCUT2D eigenvalue weighted by atomic mass is 35.5. The number of hydrogen-bond acceptors (Lipinski definition) is 3. The molecule has 0 bridgehead atoms. The maximum atomic E-state index is 13.2. The summed E-state index contributed by atoms with van der Waals surface area (Å²) in [6.07, 6.45) is -0.573. The normalized spacial score (nSPS) is 27.6. The van der Waals surface area contributed by atoms with Gasteiger partial charge in [-0.2, -0.15) is 0 Å². The number of halogens is 2. The Labute approximate surface area is 104 Å². The van der Waals surface area contributed by atoms with Crippen LogP contribution in [0.3, 0.4) is 0 Å². The van der Waals surface area contributed by atoms with E-state index in [-0.39, 0.29) is 17.2 Å². The van der Waals surface area contributed by atoms with Crippen LogP contribution in [0.25, 0.3) is 0 Å². The van der Waals surface area contributed by atoms with Crippen molar-refractivity contribution in [3.05, 3.63) is 29.0 Å². The molecule has 1 aliphatic rings. The molecule has 5 heteroatoms. The van der Waals surface area contributed by atoms with Gasteiger partial charge in [-0.15, -0.1) is 0 Å². The number of ether oxygens (including phenoxy) is 2. The lowest BCUT2D eigenvalue weighted by Crippen LogP contribution is -2.55. The molecule has 0 heterocycles. The Kier molecular flexibility index (Phi) is 3.86. The third-order valence-electron chi connectivity index (χ3n) is 2.76. The second-order valence-electron chi connectivity index (χ2n) is 3.96. The molecule has 94 valence electrons. The van der Waals surface area contributed by atoms with Crippen molar-refractivity contribution in [3.8, 4) is 5.75 Å². The van der Waals surface area contributed by atoms with E-state index in [1.165, 1.54) is 12.1 Å². The molecule has 1 aromatic rings. The van der Waals surface area contributed by atoms with Gasteiger partial charge in [-0.1, -0.05) is 11.6 Å². The molecule has 1 aromatic carbocycles. The summed E-state index contributed by atoms with van der Waals surface area (Å²) in [6, 6.07) is 4.27. The van der Waals surface area contributed by atoms with E-state index in [0.29, 0.717) is 18.8 Å². The van der Waals surface area contributed by atoms with Gasteiger partial charge >= 0.3 is 0 Å². The van der Waals surface area contributed by atoms with Crippen LogP contribution in [0.15, 0.2) is 18.2 Å². The van der Waals surface area contributed by atoms with E-state index in [1.54, 1.807) is 6.07 Å². The second kappa shape index (κ2) is 5.21. The van der Waals surface area contributed by atoms with Crippen molar-refractivity contribution in [1.82, 2.24) is 0 Å². The van der Waals surface area contributed by atoms with Gasteiger partial charge in [-0.3, -0.25) is 0 Å². The lowest BCUT2D eigenvalue weighted by atomic mass is 9.88. The van der Waals surface area contributed by atoms with Gasteiger partial charge in [0.2, 0.25) is 0 Å². The Bertz CT molecular complexity index is 399. The van der Waals surface area contributed by atoms with Crippen LogP contribution < -0.4 is 4.74 Å². The van der Waals surface area contributed by atoms with E-state index in [9.17, 15) is 9.50 Å². The first kappa shape index (κ1) is 12.6. The van der Waals surface area contributed by atoms with Crippen LogP contribution in [0.5, 0.6) is 5.75 Å². The fourth-order valence-electron chi connectivity index (χ4n) is 1.81. The maximum Gasteiger partial charge on any atom is 0.145 e. The monoisotopic (exact) mass is 260 g/mol. The number of aliphatic hydroxyl groups is 1. The van der Waals surface area contributed by atoms with Crippen molar-refractivity contribution >= 4 is 11.6 Å². The predicted octanol–water partition coefficient (Wildman–Crippen LogP) is 2.40. The van der Waals surface area contributed by atoms with Crippen LogP contribution in [0.2, 0.25) is 5.02 Å². The van der Waals surface area contributed by atoms with Crippen molar-refractivity contribution in [2.75, 3.05) is 6.61 Å². The van der Waals surface area contributed by atoms with Crippen LogP contribution >= 0.6 is 11.6 Å². The Balaban J connectivity index is 1.99. The predicted molar refractivity (Wildman–Crippen MR) is 61.9 cm³/mol. The third-order valence-corrected chi connectivity index (χ3v) is 3.06. The van der Waals surface area contributed by atoms with E-state index in [2.05, 4.69) is 0 Å². The van der Waals surface area contributed by atoms with Gasteiger partial charge in [0.05, 0.1) is 11.1 Å². The zero-order chi connectivity index (χ0) is 12.4. The Morgan fingerprint density at radius 2 is 2.29 bits per heavy atom. The minimum absolute atomic E-state index is 0.0624. The first-order valence-electron chi connectivity index (χ1n) is 5.53. The number of benzene rings is 1. The molecule has 3 atom stereocenters. The molecule has 0 radical (unpaired) electrons. The van der Waals surface area contributed by atoms with E-state index < -0.39 is 11.9 Å². The van der Waals surface area contributed by atoms with Gasteiger partial charge in [0.25, 0.3) is 0 Å². The summed E-state index contributed by atoms with van der Waals surface area (Å²) in [5.41, 5.74) is 0. The Morgan fingerprint density at radius 1 is 1.53 bits per heavy atom. The van der Waals surface area contributed by atoms with E-state index >= 15 is 0 Å². The molecule has 2 rings (SSSR count). The molecule has 1 saturated carbocycles. The van der Waals surface area contributed by atoms with Crippen molar-refractivity contribution in [3.63, 3.8) is 0 Å². The summed E-state index contributed by atoms with van der Waals surface area (Å²) in [4.78, 5) is 0. The van der Waals surface area contributed by atoms with Crippen LogP contribution in [0, 0.1) is 5.82 Å². The molecule has 1 fully saturated rings. The summed E-state index contributed by atoms with van der Waals surface area (Å²) >= 11 is 5.57. The molecular weight excluding hydrogens is 247 g/mol. The summed E-state index contributed by atoms with van der Waals surface area (Å²) in [5, 5.41) is 9.55. The second-order valence-corrected chi connectivity index (χ2v) is 4.36. The van der Waals surface area contributed by atoms with Crippen molar-refractivity contribution < 1.29 is 19.0 Å². The summed E-state index contributed by atoms with van der Waals surface area (Å²) in [6.45, 7) is 2.36. The maximum absolute atomic E-state index is 13.2. The summed E-state index contributed by atoms with van der Waals surface area (Å²) in [5.74, 6) is -0.120. The Morgan fingerprint density at radius 3 is 2.88 bits per heavy atom. The average molecular weight is 261 g/mol. The first-order valence-corrected chi connectivity index (χ1v) is 5.91. The standard InChI is InChI=1S/C12H14ClFO3/c1-2-16-12-10(15)6-11(12)17-7-3-4-8(13)9(14)5-7/h3-5,10-12,15H,2,6H2,1H3. The van der Waals surface area contributed by atoms with Crippen LogP contribution in [-0.2, 0) is 4.74 Å². The van der Waals surface area contributed by atoms with Gasteiger partial charge in [0, 0.05) is 19.1 Å². The molecule has 1 N–H and O–H groups in total. The van der Waals surface area contributed by atoms with E-state index in [1.807, 2.05) is 6.92 Å². The van der Waals surface area contributed by atoms with Gasteiger partial charge in [-0.05, 0) is 19.1 Å². The molecule has 0 spiro atoms. The molecular formula is C12H14ClFO3. The van der Waals surface area contributed by atoms with Gasteiger partial charge in [0.15, 0.2) is 0 Å². The molecule has 3 unspecified atom stereocenters. The van der Waals surface area contributed by atoms with Crippen molar-refractivity contribution in [1.29, 1.82) is 0 Å². The first-order chi connectivity index (χ1) is 8.11. The molecule has 0 aliphatic heterocycles. The van der Waals surface area contributed by atoms with Crippen molar-refractivity contribution in [2.24, 2.45) is 0 Å². The van der Waals surface area contributed by atoms with Crippen LogP contribution in [-0.4, -0.2) is 30.0 Å². The quantitative estimate of drug-likeness (QED) is 0.904. The SMILES string of the molecule is CCOC1C(O)CC1Oc1ccc(Cl)c(F)c1. The number of rotatable bonds is 4. The third kappa shape index (κ3) is 2.70. The highest BCUT2D eigenvalue weighted by Crippen LogP contribution is 2.30. The minimum Gasteiger partial charge on any atom is -0.487 e. The van der Waals surface area contributed by atoms with E-state index in [0.717, 1.165) is 0 Å². The molecule has 0 aromatic heterocycles. The summed E-state index contributed by atoms with van der Waals surface area (Å²) < 4.78 is 24.1. The zero-order valence-electron chi connectivity index (χ0n) is 9.40. The molecule has 17 heavy (non-hydrogen) atoms. The average Bonchev–Trinajstić information content (AvgIpc) is 2.30. The largest absolute Gasteiger partial charge is 0.487 e. The smallest absolute Gasteiger partial charge is 0.145 e. The lowest BCUT2D eigenvalue weighted by Gasteiger charge is -2.40. The number of aliphatic hydroxyl groups excluding tert-OH is 1. The Hall–Kier alpha value is -0.840. The minimum atomic E-state index is -0.517. The molecule has 3 nitrogen and oxygen atoms in total. The zero-order valence-corrected chi connectivity index (χ0v) is 10.2. The highest BCUT2D eigenvalue weighted by Gasteiger charge is 2.42. The van der Waals surface area contributed by atoms with E-state index in [4.69, 9.17) is 21.1 Å². The van der Waals surface area contributed by atoms with Gasteiger partial charge in [0.1, 0.15) is 23.8 Å². The fourth-order valence-corrected chi connectivity index (χ4v) is 1.93. The highest BCUT2D eigenvalue weighted by molar-refractivity contribution is 6.30. The summed E-state index contributed by atoms with van der Waals surface area (Å²) in [7, 11) is 0. The number of hydrogen-bond donors (Lipinski definition) is 1. The molecule has 0 saturated heterocycles. The van der Waals surface area contributed by atoms with Crippen LogP contribution in [0.1, 0.15) is 13.3 Å². The molecule has 0 amide bonds. The topological polar surface area (TPSA) is 38.7 Å². The molecule has 1 aliphatic carbocycles. The fraction of sp³-hybridized carbons (Fsp3) is 0.500. The lowest BCUT2D eigenvalue weighted by molar-refractivity contribution is -0.160. The van der Waals surface area contributed by atoms with Crippen molar-refractivity contribution in [2.45, 2.75) is 31.7 Å². The van der Waals surface area contributed by atoms with Gasteiger partial charge < -0.3 is 14.6 Å².